The highest BCUT2D eigenvalue weighted by atomic mass is 16.6. The molecule has 0 bridgehead atoms. The molecule has 3 atom stereocenters. The van der Waals surface area contributed by atoms with E-state index < -0.39 is 18.3 Å². The largest absolute Gasteiger partial charge is 0.490 e. The quantitative estimate of drug-likeness (QED) is 0.0617. The van der Waals surface area contributed by atoms with Crippen LogP contribution in [0.1, 0.15) is 34.7 Å². The molecule has 0 aliphatic carbocycles. The third-order valence-corrected chi connectivity index (χ3v) is 7.80. The summed E-state index contributed by atoms with van der Waals surface area (Å²) in [6.45, 7) is 3.23. The highest BCUT2D eigenvalue weighted by molar-refractivity contribution is 5.87. The summed E-state index contributed by atoms with van der Waals surface area (Å²) < 4.78 is 32.9. The minimum atomic E-state index is -0.822. The van der Waals surface area contributed by atoms with Gasteiger partial charge in [0.05, 0.1) is 33.0 Å². The van der Waals surface area contributed by atoms with E-state index >= 15 is 0 Å². The van der Waals surface area contributed by atoms with E-state index in [1.54, 1.807) is 0 Å². The molecule has 0 aromatic heterocycles. The van der Waals surface area contributed by atoms with E-state index in [9.17, 15) is 4.79 Å². The van der Waals surface area contributed by atoms with Gasteiger partial charge in [0.25, 0.3) is 0 Å². The first-order valence-electron chi connectivity index (χ1n) is 16.6. The normalized spacial score (nSPS) is 13.4. The Morgan fingerprint density at radius 3 is 1.35 bits per heavy atom. The van der Waals surface area contributed by atoms with Crippen molar-refractivity contribution in [3.8, 4) is 0 Å². The van der Waals surface area contributed by atoms with Gasteiger partial charge in [-0.3, -0.25) is 4.79 Å². The summed E-state index contributed by atoms with van der Waals surface area (Å²) in [6.07, 6.45) is -0.664. The standard InChI is InChI=1S/C43H44O6/c1-34(44)27-40(46-29-36-19-9-3-10-20-36)42(48-31-38-23-13-5-14-24-38)43(49-32-39-25-15-6-16-26-39)41(47-30-37-21-11-4-12-22-37)33-45-28-35-17-7-2-8-18-35/h2-27,41-43H,28-33H2,1H3/b40-27+/t41-,42-,43-/m1/s1. The van der Waals surface area contributed by atoms with Crippen LogP contribution in [0.2, 0.25) is 0 Å². The van der Waals surface area contributed by atoms with Gasteiger partial charge in [-0.05, 0) is 34.7 Å². The highest BCUT2D eigenvalue weighted by Crippen LogP contribution is 2.26. The maximum Gasteiger partial charge on any atom is 0.156 e. The molecule has 6 heteroatoms. The van der Waals surface area contributed by atoms with Crippen LogP contribution in [0.5, 0.6) is 0 Å². The zero-order valence-corrected chi connectivity index (χ0v) is 27.9. The number of carbonyl (C=O) groups excluding carboxylic acids is 1. The first-order valence-corrected chi connectivity index (χ1v) is 16.6. The van der Waals surface area contributed by atoms with E-state index in [0.29, 0.717) is 19.0 Å². The number of hydrogen-bond donors (Lipinski definition) is 0. The van der Waals surface area contributed by atoms with Gasteiger partial charge >= 0.3 is 0 Å². The molecule has 0 amide bonds. The summed E-state index contributed by atoms with van der Waals surface area (Å²) >= 11 is 0. The molecular formula is C43H44O6. The van der Waals surface area contributed by atoms with E-state index in [1.807, 2.05) is 152 Å². The Bertz CT molecular complexity index is 1660. The van der Waals surface area contributed by atoms with E-state index in [2.05, 4.69) is 0 Å². The highest BCUT2D eigenvalue weighted by Gasteiger charge is 2.37. The van der Waals surface area contributed by atoms with Gasteiger partial charge in [0, 0.05) is 6.08 Å². The van der Waals surface area contributed by atoms with Crippen LogP contribution in [0.4, 0.5) is 0 Å². The van der Waals surface area contributed by atoms with Crippen LogP contribution in [-0.4, -0.2) is 30.7 Å². The zero-order valence-electron chi connectivity index (χ0n) is 27.9. The van der Waals surface area contributed by atoms with Gasteiger partial charge in [-0.15, -0.1) is 0 Å². The van der Waals surface area contributed by atoms with Crippen molar-refractivity contribution in [3.63, 3.8) is 0 Å². The molecule has 0 unspecified atom stereocenters. The molecule has 5 rings (SSSR count). The summed E-state index contributed by atoms with van der Waals surface area (Å²) in [5.74, 6) is 0.196. The van der Waals surface area contributed by atoms with Gasteiger partial charge < -0.3 is 23.7 Å². The van der Waals surface area contributed by atoms with Crippen molar-refractivity contribution < 1.29 is 28.5 Å². The number of rotatable bonds is 20. The van der Waals surface area contributed by atoms with E-state index in [1.165, 1.54) is 13.0 Å². The molecule has 252 valence electrons. The molecule has 0 saturated heterocycles. The second kappa shape index (κ2) is 19.8. The van der Waals surface area contributed by atoms with Gasteiger partial charge in [-0.25, -0.2) is 0 Å². The first-order chi connectivity index (χ1) is 24.1. The van der Waals surface area contributed by atoms with Gasteiger partial charge in [0.15, 0.2) is 5.78 Å². The second-order valence-corrected chi connectivity index (χ2v) is 11.7. The molecule has 0 radical (unpaired) electrons. The SMILES string of the molecule is CC(=O)/C=C(/OCc1ccccc1)[C@@H](OCc1ccccc1)[C@H](OCc1ccccc1)[C@@H](COCc1ccccc1)OCc1ccccc1. The molecule has 49 heavy (non-hydrogen) atoms. The van der Waals surface area contributed by atoms with Crippen LogP contribution in [-0.2, 0) is 61.5 Å². The lowest BCUT2D eigenvalue weighted by atomic mass is 10.0. The van der Waals surface area contributed by atoms with Crippen molar-refractivity contribution in [3.05, 3.63) is 191 Å². The third-order valence-electron chi connectivity index (χ3n) is 7.80. The number of benzene rings is 5. The van der Waals surface area contributed by atoms with Crippen molar-refractivity contribution in [2.45, 2.75) is 58.3 Å². The summed E-state index contributed by atoms with van der Waals surface area (Å²) in [5.41, 5.74) is 4.99. The number of carbonyl (C=O) groups is 1. The Morgan fingerprint density at radius 1 is 0.510 bits per heavy atom. The number of hydrogen-bond acceptors (Lipinski definition) is 6. The monoisotopic (exact) mass is 656 g/mol. The molecule has 5 aromatic carbocycles. The maximum atomic E-state index is 12.7. The summed E-state index contributed by atoms with van der Waals surface area (Å²) in [4.78, 5) is 12.7. The topological polar surface area (TPSA) is 63.2 Å². The summed E-state index contributed by atoms with van der Waals surface area (Å²) in [6, 6.07) is 49.7. The fourth-order valence-corrected chi connectivity index (χ4v) is 5.29. The lowest BCUT2D eigenvalue weighted by Crippen LogP contribution is -2.46. The molecule has 5 aromatic rings. The Hall–Kier alpha value is -4.85. The maximum absolute atomic E-state index is 12.7. The molecule has 0 heterocycles. The van der Waals surface area contributed by atoms with Crippen molar-refractivity contribution in [1.82, 2.24) is 0 Å². The molecule has 0 fully saturated rings. The van der Waals surface area contributed by atoms with Crippen LogP contribution in [0.15, 0.2) is 163 Å². The summed E-state index contributed by atoms with van der Waals surface area (Å²) in [7, 11) is 0. The zero-order chi connectivity index (χ0) is 33.9. The van der Waals surface area contributed by atoms with Crippen LogP contribution in [0.25, 0.3) is 0 Å². The van der Waals surface area contributed by atoms with Gasteiger partial charge in [0.2, 0.25) is 0 Å². The lowest BCUT2D eigenvalue weighted by molar-refractivity contribution is -0.168. The third kappa shape index (κ3) is 12.3. The number of allylic oxidation sites excluding steroid dienone is 1. The Balaban J connectivity index is 1.51. The minimum absolute atomic E-state index is 0.166. The summed E-state index contributed by atoms with van der Waals surface area (Å²) in [5, 5.41) is 0. The van der Waals surface area contributed by atoms with Crippen molar-refractivity contribution in [2.24, 2.45) is 0 Å². The van der Waals surface area contributed by atoms with Gasteiger partial charge in [0.1, 0.15) is 30.7 Å². The fourth-order valence-electron chi connectivity index (χ4n) is 5.29. The van der Waals surface area contributed by atoms with Crippen LogP contribution < -0.4 is 0 Å². The predicted molar refractivity (Wildman–Crippen MR) is 191 cm³/mol. The van der Waals surface area contributed by atoms with Crippen molar-refractivity contribution in [2.75, 3.05) is 6.61 Å². The fraction of sp³-hybridized carbons (Fsp3) is 0.233. The molecule has 0 aliphatic heterocycles. The van der Waals surface area contributed by atoms with E-state index in [0.717, 1.165) is 27.8 Å². The Kier molecular flexibility index (Phi) is 14.4. The van der Waals surface area contributed by atoms with Gasteiger partial charge in [-0.2, -0.15) is 0 Å². The number of ether oxygens (including phenoxy) is 5. The molecule has 0 N–H and O–H groups in total. The molecule has 0 saturated carbocycles. The molecular weight excluding hydrogens is 612 g/mol. The smallest absolute Gasteiger partial charge is 0.156 e. The molecule has 0 aliphatic rings. The first kappa shape index (κ1) is 35.5. The van der Waals surface area contributed by atoms with E-state index in [4.69, 9.17) is 23.7 Å². The second-order valence-electron chi connectivity index (χ2n) is 11.7. The van der Waals surface area contributed by atoms with Crippen molar-refractivity contribution >= 4 is 5.78 Å². The van der Waals surface area contributed by atoms with Crippen LogP contribution in [0.3, 0.4) is 0 Å². The molecule has 0 spiro atoms. The van der Waals surface area contributed by atoms with Crippen LogP contribution in [0, 0.1) is 0 Å². The van der Waals surface area contributed by atoms with Gasteiger partial charge in [-0.1, -0.05) is 152 Å². The number of ketones is 1. The van der Waals surface area contributed by atoms with E-state index in [-0.39, 0.29) is 32.2 Å². The average molecular weight is 657 g/mol. The predicted octanol–water partition coefficient (Wildman–Crippen LogP) is 8.65. The Labute approximate surface area is 289 Å². The Morgan fingerprint density at radius 2 is 0.898 bits per heavy atom. The average Bonchev–Trinajstić information content (AvgIpc) is 3.15. The minimum Gasteiger partial charge on any atom is -0.490 e. The molecule has 6 nitrogen and oxygen atoms in total. The van der Waals surface area contributed by atoms with Crippen molar-refractivity contribution in [1.29, 1.82) is 0 Å². The van der Waals surface area contributed by atoms with Crippen LogP contribution >= 0.6 is 0 Å². The lowest BCUT2D eigenvalue weighted by Gasteiger charge is -2.35.